The Kier molecular flexibility index (Phi) is 6.27. The number of benzene rings is 1. The molecule has 0 spiro atoms. The standard InChI is InChI=1S/C18H27BrN4O3S/c1-11-9-15(6-7-16(11)19)20-18(24)14-5-4-8-23(10-14)27(25,26)17-12(2)21-22-13(17)3/h6-7,9,12-14,17,21-22H,4-5,8,10H2,1-3H3,(H,20,24). The van der Waals surface area contributed by atoms with Gasteiger partial charge in [0.2, 0.25) is 15.9 Å². The Morgan fingerprint density at radius 1 is 1.26 bits per heavy atom. The highest BCUT2D eigenvalue weighted by atomic mass is 79.9. The van der Waals surface area contributed by atoms with Crippen LogP contribution in [0.3, 0.4) is 0 Å². The van der Waals surface area contributed by atoms with E-state index >= 15 is 0 Å². The summed E-state index contributed by atoms with van der Waals surface area (Å²) in [5.74, 6) is -0.467. The normalized spacial score (nSPS) is 29.6. The van der Waals surface area contributed by atoms with Crippen molar-refractivity contribution in [1.29, 1.82) is 0 Å². The second-order valence-electron chi connectivity index (χ2n) is 7.53. The molecular weight excluding hydrogens is 432 g/mol. The van der Waals surface area contributed by atoms with Gasteiger partial charge in [-0.25, -0.2) is 12.7 Å². The zero-order valence-electron chi connectivity index (χ0n) is 15.8. The molecule has 0 radical (unpaired) electrons. The lowest BCUT2D eigenvalue weighted by molar-refractivity contribution is -0.120. The third-order valence-electron chi connectivity index (χ3n) is 5.41. The number of nitrogens with zero attached hydrogens (tertiary/aromatic N) is 1. The van der Waals surface area contributed by atoms with Crippen molar-refractivity contribution < 1.29 is 13.2 Å². The average Bonchev–Trinajstić information content (AvgIpc) is 2.97. The summed E-state index contributed by atoms with van der Waals surface area (Å²) in [6.45, 7) is 6.39. The van der Waals surface area contributed by atoms with Gasteiger partial charge in [-0.05, 0) is 57.4 Å². The Balaban J connectivity index is 1.70. The van der Waals surface area contributed by atoms with Crippen LogP contribution in [-0.2, 0) is 14.8 Å². The van der Waals surface area contributed by atoms with Gasteiger partial charge >= 0.3 is 0 Å². The number of halogens is 1. The van der Waals surface area contributed by atoms with Crippen LogP contribution in [0, 0.1) is 12.8 Å². The van der Waals surface area contributed by atoms with Crippen LogP contribution >= 0.6 is 15.9 Å². The molecule has 150 valence electrons. The van der Waals surface area contributed by atoms with E-state index in [9.17, 15) is 13.2 Å². The molecule has 27 heavy (non-hydrogen) atoms. The maximum atomic E-state index is 13.1. The van der Waals surface area contributed by atoms with Gasteiger partial charge in [0.15, 0.2) is 0 Å². The fourth-order valence-corrected chi connectivity index (χ4v) is 6.43. The van der Waals surface area contributed by atoms with Crippen molar-refractivity contribution in [3.8, 4) is 0 Å². The summed E-state index contributed by atoms with van der Waals surface area (Å²) in [6, 6.07) is 5.28. The van der Waals surface area contributed by atoms with Crippen LogP contribution < -0.4 is 16.2 Å². The Morgan fingerprint density at radius 2 is 1.93 bits per heavy atom. The molecule has 2 aliphatic heterocycles. The zero-order valence-corrected chi connectivity index (χ0v) is 18.2. The molecule has 1 amide bonds. The number of carbonyl (C=O) groups excluding carboxylic acids is 1. The maximum absolute atomic E-state index is 13.1. The number of nitrogens with one attached hydrogen (secondary N) is 3. The molecule has 1 aromatic rings. The molecule has 3 atom stereocenters. The van der Waals surface area contributed by atoms with Gasteiger partial charge in [-0.3, -0.25) is 15.6 Å². The number of hydrogen-bond donors (Lipinski definition) is 3. The summed E-state index contributed by atoms with van der Waals surface area (Å²) in [7, 11) is -3.49. The molecule has 0 aliphatic carbocycles. The molecule has 0 saturated carbocycles. The number of aryl methyl sites for hydroxylation is 1. The van der Waals surface area contributed by atoms with Crippen molar-refractivity contribution in [2.45, 2.75) is 50.9 Å². The number of hydrogen-bond acceptors (Lipinski definition) is 5. The minimum Gasteiger partial charge on any atom is -0.326 e. The zero-order chi connectivity index (χ0) is 19.8. The molecule has 0 bridgehead atoms. The highest BCUT2D eigenvalue weighted by Crippen LogP contribution is 2.27. The van der Waals surface area contributed by atoms with E-state index in [2.05, 4.69) is 32.1 Å². The lowest BCUT2D eigenvalue weighted by Gasteiger charge is -2.34. The van der Waals surface area contributed by atoms with Crippen molar-refractivity contribution in [3.63, 3.8) is 0 Å². The van der Waals surface area contributed by atoms with Crippen molar-refractivity contribution in [2.75, 3.05) is 18.4 Å². The SMILES string of the molecule is Cc1cc(NC(=O)C2CCCN(S(=O)(=O)C3C(C)NNC3C)C2)ccc1Br. The fraction of sp³-hybridized carbons (Fsp3) is 0.611. The number of anilines is 1. The van der Waals surface area contributed by atoms with E-state index in [1.165, 1.54) is 4.31 Å². The Morgan fingerprint density at radius 3 is 2.56 bits per heavy atom. The molecule has 2 saturated heterocycles. The number of piperidine rings is 1. The molecule has 2 heterocycles. The molecule has 2 fully saturated rings. The average molecular weight is 459 g/mol. The van der Waals surface area contributed by atoms with E-state index in [4.69, 9.17) is 0 Å². The highest BCUT2D eigenvalue weighted by Gasteiger charge is 2.45. The van der Waals surface area contributed by atoms with E-state index in [0.717, 1.165) is 15.7 Å². The molecule has 0 aromatic heterocycles. The lowest BCUT2D eigenvalue weighted by Crippen LogP contribution is -2.51. The second kappa shape index (κ2) is 8.16. The quantitative estimate of drug-likeness (QED) is 0.641. The van der Waals surface area contributed by atoms with E-state index < -0.39 is 15.3 Å². The van der Waals surface area contributed by atoms with Gasteiger partial charge < -0.3 is 5.32 Å². The molecule has 3 N–H and O–H groups in total. The Bertz CT molecular complexity index is 807. The minimum absolute atomic E-state index is 0.125. The first-order valence-electron chi connectivity index (χ1n) is 9.27. The van der Waals surface area contributed by atoms with Crippen LogP contribution in [0.25, 0.3) is 0 Å². The van der Waals surface area contributed by atoms with Gasteiger partial charge in [-0.15, -0.1) is 0 Å². The summed E-state index contributed by atoms with van der Waals surface area (Å²) in [6.07, 6.45) is 1.38. The minimum atomic E-state index is -3.49. The van der Waals surface area contributed by atoms with Gasteiger partial charge in [-0.2, -0.15) is 0 Å². The van der Waals surface area contributed by atoms with E-state index in [-0.39, 0.29) is 30.5 Å². The van der Waals surface area contributed by atoms with Crippen LogP contribution in [0.2, 0.25) is 0 Å². The van der Waals surface area contributed by atoms with E-state index in [1.54, 1.807) is 0 Å². The van der Waals surface area contributed by atoms with Crippen LogP contribution in [0.1, 0.15) is 32.3 Å². The molecule has 9 heteroatoms. The van der Waals surface area contributed by atoms with Crippen LogP contribution in [0.4, 0.5) is 5.69 Å². The van der Waals surface area contributed by atoms with Gasteiger partial charge in [0, 0.05) is 35.3 Å². The van der Waals surface area contributed by atoms with Gasteiger partial charge in [0.1, 0.15) is 5.25 Å². The number of carbonyl (C=O) groups is 1. The van der Waals surface area contributed by atoms with Crippen LogP contribution in [0.15, 0.2) is 22.7 Å². The fourth-order valence-electron chi connectivity index (χ4n) is 3.90. The molecule has 2 aliphatic rings. The molecule has 3 rings (SSSR count). The van der Waals surface area contributed by atoms with Crippen LogP contribution in [0.5, 0.6) is 0 Å². The summed E-state index contributed by atoms with van der Waals surface area (Å²) >= 11 is 3.45. The van der Waals surface area contributed by atoms with E-state index in [0.29, 0.717) is 19.4 Å². The summed E-state index contributed by atoms with van der Waals surface area (Å²) in [5.41, 5.74) is 7.77. The Hall–Kier alpha value is -1.00. The summed E-state index contributed by atoms with van der Waals surface area (Å²) in [4.78, 5) is 12.7. The van der Waals surface area contributed by atoms with Crippen molar-refractivity contribution in [1.82, 2.24) is 15.2 Å². The molecule has 7 nitrogen and oxygen atoms in total. The number of hydrazine groups is 1. The molecular formula is C18H27BrN4O3S. The largest absolute Gasteiger partial charge is 0.326 e. The van der Waals surface area contributed by atoms with Gasteiger partial charge in [0.05, 0.1) is 5.92 Å². The molecule has 3 unspecified atom stereocenters. The second-order valence-corrected chi connectivity index (χ2v) is 10.5. The topological polar surface area (TPSA) is 90.5 Å². The monoisotopic (exact) mass is 458 g/mol. The van der Waals surface area contributed by atoms with Crippen LogP contribution in [-0.4, -0.2) is 49.1 Å². The summed E-state index contributed by atoms with van der Waals surface area (Å²) in [5, 5.41) is 2.40. The lowest BCUT2D eigenvalue weighted by atomic mass is 9.98. The van der Waals surface area contributed by atoms with Crippen molar-refractivity contribution >= 4 is 37.5 Å². The third-order valence-corrected chi connectivity index (χ3v) is 8.85. The smallest absolute Gasteiger partial charge is 0.228 e. The predicted octanol–water partition coefficient (Wildman–Crippen LogP) is 1.99. The number of sulfonamides is 1. The predicted molar refractivity (Wildman–Crippen MR) is 110 cm³/mol. The maximum Gasteiger partial charge on any atom is 0.228 e. The molecule has 1 aromatic carbocycles. The third kappa shape index (κ3) is 4.37. The summed E-state index contributed by atoms with van der Waals surface area (Å²) < 4.78 is 28.7. The van der Waals surface area contributed by atoms with Gasteiger partial charge in [-0.1, -0.05) is 15.9 Å². The Labute approximate surface area is 169 Å². The van der Waals surface area contributed by atoms with E-state index in [1.807, 2.05) is 39.0 Å². The number of rotatable bonds is 4. The van der Waals surface area contributed by atoms with Crippen molar-refractivity contribution in [2.24, 2.45) is 5.92 Å². The number of amides is 1. The van der Waals surface area contributed by atoms with Gasteiger partial charge in [0.25, 0.3) is 0 Å². The first kappa shape index (κ1) is 20.7. The first-order valence-corrected chi connectivity index (χ1v) is 11.6. The van der Waals surface area contributed by atoms with Crippen molar-refractivity contribution in [3.05, 3.63) is 28.2 Å². The highest BCUT2D eigenvalue weighted by molar-refractivity contribution is 9.10. The first-order chi connectivity index (χ1) is 12.7.